The second-order valence-electron chi connectivity index (χ2n) is 6.96. The predicted molar refractivity (Wildman–Crippen MR) is 132 cm³/mol. The molecule has 0 unspecified atom stereocenters. The van der Waals surface area contributed by atoms with Crippen molar-refractivity contribution in [3.63, 3.8) is 0 Å². The summed E-state index contributed by atoms with van der Waals surface area (Å²) < 4.78 is 13.7. The Hall–Kier alpha value is -2.24. The van der Waals surface area contributed by atoms with Gasteiger partial charge in [0.25, 0.3) is 5.56 Å². The van der Waals surface area contributed by atoms with Gasteiger partial charge in [-0.2, -0.15) is 9.78 Å². The first-order valence-electron chi connectivity index (χ1n) is 9.31. The van der Waals surface area contributed by atoms with E-state index in [-0.39, 0.29) is 17.2 Å². The van der Waals surface area contributed by atoms with Gasteiger partial charge in [0.1, 0.15) is 5.82 Å². The molecule has 1 aromatic heterocycles. The summed E-state index contributed by atoms with van der Waals surface area (Å²) in [6.45, 7) is 3.34. The Morgan fingerprint density at radius 2 is 1.97 bits per heavy atom. The number of carboxylic acids is 1. The fraction of sp³-hybridized carbons (Fsp3) is 0.238. The van der Waals surface area contributed by atoms with E-state index in [4.69, 9.17) is 14.6 Å². The first-order chi connectivity index (χ1) is 15.1. The van der Waals surface area contributed by atoms with Crippen molar-refractivity contribution in [2.24, 2.45) is 5.10 Å². The number of nitrogens with zero attached hydrogens (tertiary/aromatic N) is 3. The van der Waals surface area contributed by atoms with Gasteiger partial charge in [-0.15, -0.1) is 0 Å². The molecule has 2 aromatic carbocycles. The van der Waals surface area contributed by atoms with Gasteiger partial charge in [-0.3, -0.25) is 4.79 Å². The van der Waals surface area contributed by atoms with Gasteiger partial charge in [-0.1, -0.05) is 29.8 Å². The maximum atomic E-state index is 13.2. The van der Waals surface area contributed by atoms with Crippen LogP contribution in [0.15, 0.2) is 47.6 Å². The number of carboxylic acid groups (broad SMARTS) is 1. The number of rotatable bonds is 7. The van der Waals surface area contributed by atoms with Crippen molar-refractivity contribution in [2.45, 2.75) is 19.8 Å². The fourth-order valence-electron chi connectivity index (χ4n) is 2.89. The summed E-state index contributed by atoms with van der Waals surface area (Å²) in [5, 5.41) is 13.8. The third-order valence-electron chi connectivity index (χ3n) is 4.38. The highest BCUT2D eigenvalue weighted by Crippen LogP contribution is 2.42. The van der Waals surface area contributed by atoms with Crippen molar-refractivity contribution in [3.8, 4) is 11.5 Å². The SMILES string of the molecule is COc1cc(C=Nn2c(C(C)C)nc3ccc(Br)cc3c2=O)c(Br)c(Br)c1OCC(=O)O. The summed E-state index contributed by atoms with van der Waals surface area (Å²) >= 11 is 10.2. The van der Waals surface area contributed by atoms with Crippen molar-refractivity contribution in [2.75, 3.05) is 13.7 Å². The average molecular weight is 632 g/mol. The van der Waals surface area contributed by atoms with E-state index in [1.807, 2.05) is 19.9 Å². The van der Waals surface area contributed by atoms with Crippen LogP contribution in [0.3, 0.4) is 0 Å². The van der Waals surface area contributed by atoms with Gasteiger partial charge < -0.3 is 14.6 Å². The highest BCUT2D eigenvalue weighted by molar-refractivity contribution is 9.13. The summed E-state index contributed by atoms with van der Waals surface area (Å²) in [5.41, 5.74) is 0.881. The number of aromatic nitrogens is 2. The van der Waals surface area contributed by atoms with Crippen LogP contribution in [0.25, 0.3) is 10.9 Å². The lowest BCUT2D eigenvalue weighted by molar-refractivity contribution is -0.139. The highest BCUT2D eigenvalue weighted by Gasteiger charge is 2.18. The lowest BCUT2D eigenvalue weighted by atomic mass is 10.2. The molecule has 0 aliphatic carbocycles. The summed E-state index contributed by atoms with van der Waals surface area (Å²) in [6.07, 6.45) is 1.50. The number of halogens is 3. The molecule has 0 aliphatic heterocycles. The zero-order valence-electron chi connectivity index (χ0n) is 17.2. The van der Waals surface area contributed by atoms with Crippen molar-refractivity contribution < 1.29 is 19.4 Å². The molecule has 0 amide bonds. The normalized spacial score (nSPS) is 11.5. The van der Waals surface area contributed by atoms with E-state index in [9.17, 15) is 9.59 Å². The molecule has 32 heavy (non-hydrogen) atoms. The summed E-state index contributed by atoms with van der Waals surface area (Å²) in [7, 11) is 1.44. The fourth-order valence-corrected chi connectivity index (χ4v) is 4.19. The molecule has 1 heterocycles. The van der Waals surface area contributed by atoms with Gasteiger partial charge >= 0.3 is 5.97 Å². The maximum absolute atomic E-state index is 13.2. The monoisotopic (exact) mass is 629 g/mol. The average Bonchev–Trinajstić information content (AvgIpc) is 2.74. The Morgan fingerprint density at radius 1 is 1.25 bits per heavy atom. The van der Waals surface area contributed by atoms with E-state index in [1.165, 1.54) is 18.0 Å². The molecule has 0 radical (unpaired) electrons. The number of ether oxygens (including phenoxy) is 2. The maximum Gasteiger partial charge on any atom is 0.341 e. The van der Waals surface area contributed by atoms with Crippen LogP contribution in [0.5, 0.6) is 11.5 Å². The molecule has 3 aromatic rings. The number of methoxy groups -OCH3 is 1. The number of aliphatic carboxylic acids is 1. The van der Waals surface area contributed by atoms with Gasteiger partial charge in [0.2, 0.25) is 0 Å². The molecular weight excluding hydrogens is 614 g/mol. The van der Waals surface area contributed by atoms with Crippen LogP contribution in [-0.2, 0) is 4.79 Å². The molecule has 168 valence electrons. The number of benzene rings is 2. The first kappa shape index (κ1) is 24.4. The van der Waals surface area contributed by atoms with Crippen LogP contribution in [0, 0.1) is 0 Å². The molecule has 3 rings (SSSR count). The Kier molecular flexibility index (Phi) is 7.73. The molecule has 11 heteroatoms. The van der Waals surface area contributed by atoms with Crippen molar-refractivity contribution >= 4 is 70.9 Å². The van der Waals surface area contributed by atoms with Gasteiger partial charge in [-0.05, 0) is 56.1 Å². The molecule has 0 atom stereocenters. The lowest BCUT2D eigenvalue weighted by Crippen LogP contribution is -2.23. The van der Waals surface area contributed by atoms with Gasteiger partial charge in [0.05, 0.1) is 28.7 Å². The third-order valence-corrected chi connectivity index (χ3v) is 7.01. The van der Waals surface area contributed by atoms with E-state index in [1.54, 1.807) is 18.2 Å². The Morgan fingerprint density at radius 3 is 2.59 bits per heavy atom. The molecule has 0 bridgehead atoms. The standard InChI is InChI=1S/C21H18Br3N3O5/c1-10(2)20-26-14-5-4-12(22)7-13(14)21(30)27(20)25-8-11-6-15(31-3)19(18(24)17(11)23)32-9-16(28)29/h4-8,10H,9H2,1-3H3,(H,28,29). The Bertz CT molecular complexity index is 1290. The molecule has 0 spiro atoms. The van der Waals surface area contributed by atoms with Crippen LogP contribution in [0.1, 0.15) is 31.2 Å². The number of carbonyl (C=O) groups is 1. The minimum Gasteiger partial charge on any atom is -0.493 e. The van der Waals surface area contributed by atoms with Gasteiger partial charge in [0, 0.05) is 20.4 Å². The molecule has 0 saturated carbocycles. The van der Waals surface area contributed by atoms with E-state index >= 15 is 0 Å². The Balaban J connectivity index is 2.14. The van der Waals surface area contributed by atoms with Crippen LogP contribution >= 0.6 is 47.8 Å². The van der Waals surface area contributed by atoms with Gasteiger partial charge in [-0.25, -0.2) is 9.78 Å². The smallest absolute Gasteiger partial charge is 0.341 e. The first-order valence-corrected chi connectivity index (χ1v) is 11.7. The molecule has 0 aliphatic rings. The van der Waals surface area contributed by atoms with Crippen molar-refractivity contribution in [1.29, 1.82) is 0 Å². The van der Waals surface area contributed by atoms with Crippen molar-refractivity contribution in [3.05, 3.63) is 59.4 Å². The minimum atomic E-state index is -1.11. The number of fused-ring (bicyclic) bond motifs is 1. The van der Waals surface area contributed by atoms with E-state index in [0.717, 1.165) is 4.47 Å². The number of hydrogen-bond acceptors (Lipinski definition) is 6. The zero-order valence-corrected chi connectivity index (χ0v) is 22.0. The lowest BCUT2D eigenvalue weighted by Gasteiger charge is -2.15. The Labute approximate surface area is 208 Å². The highest BCUT2D eigenvalue weighted by atomic mass is 79.9. The number of hydrogen-bond donors (Lipinski definition) is 1. The third kappa shape index (κ3) is 5.05. The second kappa shape index (κ2) is 10.1. The molecular formula is C21H18Br3N3O5. The van der Waals surface area contributed by atoms with E-state index in [2.05, 4.69) is 57.9 Å². The zero-order chi connectivity index (χ0) is 23.6. The quantitative estimate of drug-likeness (QED) is 0.362. The molecule has 0 saturated heterocycles. The van der Waals surface area contributed by atoms with Crippen molar-refractivity contribution in [1.82, 2.24) is 9.66 Å². The van der Waals surface area contributed by atoms with E-state index in [0.29, 0.717) is 37.0 Å². The molecule has 1 N–H and O–H groups in total. The van der Waals surface area contributed by atoms with Crippen LogP contribution < -0.4 is 15.0 Å². The summed E-state index contributed by atoms with van der Waals surface area (Å²) in [4.78, 5) is 28.7. The topological polar surface area (TPSA) is 103 Å². The van der Waals surface area contributed by atoms with Crippen LogP contribution in [0.4, 0.5) is 0 Å². The summed E-state index contributed by atoms with van der Waals surface area (Å²) in [6, 6.07) is 6.96. The molecule has 0 fully saturated rings. The molecule has 8 nitrogen and oxygen atoms in total. The largest absolute Gasteiger partial charge is 0.493 e. The predicted octanol–water partition coefficient (Wildman–Crippen LogP) is 5.16. The second-order valence-corrected chi connectivity index (χ2v) is 9.46. The van der Waals surface area contributed by atoms with Gasteiger partial charge in [0.15, 0.2) is 18.1 Å². The van der Waals surface area contributed by atoms with E-state index < -0.39 is 12.6 Å². The minimum absolute atomic E-state index is 0.0515. The summed E-state index contributed by atoms with van der Waals surface area (Å²) in [5.74, 6) is -0.109. The van der Waals surface area contributed by atoms with Crippen LogP contribution in [-0.4, -0.2) is 40.7 Å². The van der Waals surface area contributed by atoms with Crippen LogP contribution in [0.2, 0.25) is 0 Å².